The SMILES string of the molecule is COCCOCc1nc(Br)no1. The number of hydrogen-bond acceptors (Lipinski definition) is 5. The average molecular weight is 237 g/mol. The van der Waals surface area contributed by atoms with E-state index in [9.17, 15) is 0 Å². The van der Waals surface area contributed by atoms with Crippen molar-refractivity contribution in [1.29, 1.82) is 0 Å². The smallest absolute Gasteiger partial charge is 0.253 e. The molecule has 0 saturated heterocycles. The fourth-order valence-electron chi connectivity index (χ4n) is 0.594. The van der Waals surface area contributed by atoms with Gasteiger partial charge in [0.2, 0.25) is 4.73 Å². The largest absolute Gasteiger partial charge is 0.382 e. The minimum atomic E-state index is 0.321. The van der Waals surface area contributed by atoms with Crippen LogP contribution in [0.5, 0.6) is 0 Å². The molecule has 0 unspecified atom stereocenters. The molecule has 0 aliphatic heterocycles. The highest BCUT2D eigenvalue weighted by Gasteiger charge is 2.02. The third-order valence-corrected chi connectivity index (χ3v) is 1.42. The van der Waals surface area contributed by atoms with Crippen molar-refractivity contribution in [3.05, 3.63) is 10.6 Å². The highest BCUT2D eigenvalue weighted by Crippen LogP contribution is 2.04. The third-order valence-electron chi connectivity index (χ3n) is 1.10. The van der Waals surface area contributed by atoms with Crippen molar-refractivity contribution >= 4 is 15.9 Å². The summed E-state index contributed by atoms with van der Waals surface area (Å²) in [5.74, 6) is 0.456. The lowest BCUT2D eigenvalue weighted by atomic mass is 10.7. The standard InChI is InChI=1S/C6H9BrN2O3/c1-10-2-3-11-4-5-8-6(7)9-12-5/h2-4H2,1H3. The zero-order valence-electron chi connectivity index (χ0n) is 6.62. The molecule has 1 aromatic heterocycles. The Labute approximate surface area is 78.2 Å². The molecule has 0 aliphatic rings. The van der Waals surface area contributed by atoms with E-state index in [1.165, 1.54) is 0 Å². The van der Waals surface area contributed by atoms with Gasteiger partial charge in [0, 0.05) is 7.11 Å². The maximum Gasteiger partial charge on any atom is 0.253 e. The maximum atomic E-state index is 5.13. The summed E-state index contributed by atoms with van der Waals surface area (Å²) < 4.78 is 15.1. The number of hydrogen-bond donors (Lipinski definition) is 0. The summed E-state index contributed by atoms with van der Waals surface area (Å²) >= 11 is 3.06. The fourth-order valence-corrected chi connectivity index (χ4v) is 0.865. The monoisotopic (exact) mass is 236 g/mol. The molecule has 0 amide bonds. The van der Waals surface area contributed by atoms with E-state index in [1.807, 2.05) is 0 Å². The second kappa shape index (κ2) is 5.23. The van der Waals surface area contributed by atoms with Crippen LogP contribution in [-0.2, 0) is 16.1 Å². The summed E-state index contributed by atoms with van der Waals surface area (Å²) in [6.45, 7) is 1.41. The van der Waals surface area contributed by atoms with Gasteiger partial charge in [-0.15, -0.1) is 0 Å². The summed E-state index contributed by atoms with van der Waals surface area (Å²) in [6.07, 6.45) is 0. The first-order chi connectivity index (χ1) is 5.83. The zero-order valence-corrected chi connectivity index (χ0v) is 8.20. The van der Waals surface area contributed by atoms with Gasteiger partial charge < -0.3 is 14.0 Å². The van der Waals surface area contributed by atoms with Crippen LogP contribution in [0.2, 0.25) is 0 Å². The first-order valence-electron chi connectivity index (χ1n) is 3.37. The molecule has 0 aromatic carbocycles. The lowest BCUT2D eigenvalue weighted by Crippen LogP contribution is -2.01. The van der Waals surface area contributed by atoms with E-state index < -0.39 is 0 Å². The first kappa shape index (κ1) is 9.63. The van der Waals surface area contributed by atoms with E-state index in [0.717, 1.165) is 0 Å². The van der Waals surface area contributed by atoms with Crippen molar-refractivity contribution in [3.8, 4) is 0 Å². The summed E-state index contributed by atoms with van der Waals surface area (Å²) in [5.41, 5.74) is 0. The van der Waals surface area contributed by atoms with E-state index in [0.29, 0.717) is 30.4 Å². The molecule has 1 heterocycles. The maximum absolute atomic E-state index is 5.13. The second-order valence-corrected chi connectivity index (χ2v) is 2.71. The zero-order chi connectivity index (χ0) is 8.81. The fraction of sp³-hybridized carbons (Fsp3) is 0.667. The number of nitrogens with zero attached hydrogens (tertiary/aromatic N) is 2. The summed E-state index contributed by atoms with van der Waals surface area (Å²) in [4.78, 5) is 3.88. The molecule has 0 N–H and O–H groups in total. The third kappa shape index (κ3) is 3.29. The van der Waals surface area contributed by atoms with Gasteiger partial charge in [-0.2, -0.15) is 4.98 Å². The lowest BCUT2D eigenvalue weighted by Gasteiger charge is -1.97. The Morgan fingerprint density at radius 1 is 1.50 bits per heavy atom. The Bertz CT molecular complexity index is 228. The van der Waals surface area contributed by atoms with Gasteiger partial charge in [0.15, 0.2) is 0 Å². The molecule has 1 aromatic rings. The normalized spacial score (nSPS) is 10.5. The number of ether oxygens (including phenoxy) is 2. The van der Waals surface area contributed by atoms with Gasteiger partial charge in [-0.3, -0.25) is 0 Å². The quantitative estimate of drug-likeness (QED) is 0.715. The molecule has 1 rings (SSSR count). The Morgan fingerprint density at radius 3 is 2.92 bits per heavy atom. The Morgan fingerprint density at radius 2 is 2.33 bits per heavy atom. The molecule has 0 aliphatic carbocycles. The molecule has 0 radical (unpaired) electrons. The molecule has 0 atom stereocenters. The molecule has 68 valence electrons. The summed E-state index contributed by atoms with van der Waals surface area (Å²) in [6, 6.07) is 0. The molecule has 12 heavy (non-hydrogen) atoms. The Kier molecular flexibility index (Phi) is 4.20. The lowest BCUT2D eigenvalue weighted by molar-refractivity contribution is 0.0494. The van der Waals surface area contributed by atoms with E-state index >= 15 is 0 Å². The van der Waals surface area contributed by atoms with Gasteiger partial charge in [0.1, 0.15) is 6.61 Å². The molecule has 0 bridgehead atoms. The van der Waals surface area contributed by atoms with Gasteiger partial charge in [0.05, 0.1) is 13.2 Å². The van der Waals surface area contributed by atoms with E-state index in [2.05, 4.69) is 26.1 Å². The van der Waals surface area contributed by atoms with Crippen LogP contribution >= 0.6 is 15.9 Å². The van der Waals surface area contributed by atoms with Crippen molar-refractivity contribution in [1.82, 2.24) is 10.1 Å². The van der Waals surface area contributed by atoms with E-state index in [4.69, 9.17) is 14.0 Å². The Hall–Kier alpha value is -0.460. The molecule has 5 nitrogen and oxygen atoms in total. The van der Waals surface area contributed by atoms with Crippen molar-refractivity contribution in [2.24, 2.45) is 0 Å². The number of aromatic nitrogens is 2. The highest BCUT2D eigenvalue weighted by molar-refractivity contribution is 9.10. The summed E-state index contributed by atoms with van der Waals surface area (Å²) in [5, 5.41) is 3.53. The topological polar surface area (TPSA) is 57.4 Å². The van der Waals surface area contributed by atoms with Gasteiger partial charge >= 0.3 is 0 Å². The van der Waals surface area contributed by atoms with E-state index in [1.54, 1.807) is 7.11 Å². The Balaban J connectivity index is 2.15. The van der Waals surface area contributed by atoms with Gasteiger partial charge in [-0.05, 0) is 21.1 Å². The predicted molar refractivity (Wildman–Crippen MR) is 43.5 cm³/mol. The van der Waals surface area contributed by atoms with Crippen LogP contribution in [0.4, 0.5) is 0 Å². The molecule has 6 heteroatoms. The van der Waals surface area contributed by atoms with Crippen molar-refractivity contribution in [2.45, 2.75) is 6.61 Å². The van der Waals surface area contributed by atoms with Gasteiger partial charge in [0.25, 0.3) is 5.89 Å². The molecule has 0 fully saturated rings. The van der Waals surface area contributed by atoms with Crippen molar-refractivity contribution in [2.75, 3.05) is 20.3 Å². The van der Waals surface area contributed by atoms with Gasteiger partial charge in [-0.25, -0.2) is 0 Å². The molecule has 0 spiro atoms. The number of methoxy groups -OCH3 is 1. The minimum absolute atomic E-state index is 0.321. The van der Waals surface area contributed by atoms with Crippen molar-refractivity contribution < 1.29 is 14.0 Å². The second-order valence-electron chi connectivity index (χ2n) is 2.00. The van der Waals surface area contributed by atoms with Crippen LogP contribution in [0.15, 0.2) is 9.26 Å². The predicted octanol–water partition coefficient (Wildman–Crippen LogP) is 0.995. The van der Waals surface area contributed by atoms with Crippen molar-refractivity contribution in [3.63, 3.8) is 0 Å². The molecular formula is C6H9BrN2O3. The number of rotatable bonds is 5. The molecule has 0 saturated carbocycles. The highest BCUT2D eigenvalue weighted by atomic mass is 79.9. The first-order valence-corrected chi connectivity index (χ1v) is 4.17. The van der Waals surface area contributed by atoms with Crippen LogP contribution in [0.25, 0.3) is 0 Å². The average Bonchev–Trinajstić information content (AvgIpc) is 2.45. The van der Waals surface area contributed by atoms with E-state index in [-0.39, 0.29) is 0 Å². The van der Waals surface area contributed by atoms with Crippen LogP contribution in [0.3, 0.4) is 0 Å². The molecular weight excluding hydrogens is 228 g/mol. The minimum Gasteiger partial charge on any atom is -0.382 e. The van der Waals surface area contributed by atoms with Crippen LogP contribution in [0.1, 0.15) is 5.89 Å². The van der Waals surface area contributed by atoms with Crippen LogP contribution in [0, 0.1) is 0 Å². The summed E-state index contributed by atoms with van der Waals surface area (Å²) in [7, 11) is 1.62. The van der Waals surface area contributed by atoms with Crippen LogP contribution < -0.4 is 0 Å². The van der Waals surface area contributed by atoms with Crippen LogP contribution in [-0.4, -0.2) is 30.5 Å². The number of halogens is 1. The van der Waals surface area contributed by atoms with Gasteiger partial charge in [-0.1, -0.05) is 0 Å².